The van der Waals surface area contributed by atoms with Crippen LogP contribution in [-0.2, 0) is 16.1 Å². The lowest BCUT2D eigenvalue weighted by Gasteiger charge is -2.25. The summed E-state index contributed by atoms with van der Waals surface area (Å²) in [4.78, 5) is 41.4. The third-order valence-electron chi connectivity index (χ3n) is 4.21. The van der Waals surface area contributed by atoms with Crippen LogP contribution >= 0.6 is 0 Å². The van der Waals surface area contributed by atoms with Crippen LogP contribution < -0.4 is 11.0 Å². The molecule has 0 bridgehead atoms. The highest BCUT2D eigenvalue weighted by Gasteiger charge is 2.25. The Kier molecular flexibility index (Phi) is 5.23. The number of likely N-dealkylation sites (tertiary alicyclic amines) is 1. The second-order valence-corrected chi connectivity index (χ2v) is 6.00. The van der Waals surface area contributed by atoms with Crippen molar-refractivity contribution >= 4 is 11.8 Å². The van der Waals surface area contributed by atoms with Crippen molar-refractivity contribution in [1.29, 1.82) is 0 Å². The van der Waals surface area contributed by atoms with Gasteiger partial charge in [-0.15, -0.1) is 0 Å². The zero-order chi connectivity index (χ0) is 17.6. The van der Waals surface area contributed by atoms with Crippen LogP contribution in [0.4, 0.5) is 0 Å². The SMILES string of the molecule is O=C(Cn1cccnc1=O)NC(CN1CCCC1=O)c1ccccc1. The minimum Gasteiger partial charge on any atom is -0.346 e. The Balaban J connectivity index is 1.73. The maximum Gasteiger partial charge on any atom is 0.347 e. The Morgan fingerprint density at radius 2 is 2.00 bits per heavy atom. The molecule has 1 atom stereocenters. The molecule has 1 aliphatic rings. The van der Waals surface area contributed by atoms with E-state index in [1.165, 1.54) is 17.0 Å². The van der Waals surface area contributed by atoms with E-state index in [1.54, 1.807) is 11.0 Å². The lowest BCUT2D eigenvalue weighted by molar-refractivity contribution is -0.129. The summed E-state index contributed by atoms with van der Waals surface area (Å²) in [5, 5.41) is 2.94. The number of benzene rings is 1. The molecule has 0 saturated carbocycles. The van der Waals surface area contributed by atoms with Crippen LogP contribution in [0, 0.1) is 0 Å². The van der Waals surface area contributed by atoms with Crippen LogP contribution in [0.5, 0.6) is 0 Å². The van der Waals surface area contributed by atoms with Crippen molar-refractivity contribution < 1.29 is 9.59 Å². The third-order valence-corrected chi connectivity index (χ3v) is 4.21. The first-order valence-electron chi connectivity index (χ1n) is 8.27. The van der Waals surface area contributed by atoms with E-state index in [9.17, 15) is 14.4 Å². The van der Waals surface area contributed by atoms with Crippen LogP contribution in [0.3, 0.4) is 0 Å². The maximum atomic E-state index is 12.4. The summed E-state index contributed by atoms with van der Waals surface area (Å²) in [6.45, 7) is 1.03. The van der Waals surface area contributed by atoms with Crippen LogP contribution in [-0.4, -0.2) is 39.4 Å². The quantitative estimate of drug-likeness (QED) is 0.840. The Bertz CT molecular complexity index is 803. The summed E-state index contributed by atoms with van der Waals surface area (Å²) >= 11 is 0. The molecule has 1 aliphatic heterocycles. The second-order valence-electron chi connectivity index (χ2n) is 6.00. The average Bonchev–Trinajstić information content (AvgIpc) is 3.02. The molecule has 7 heteroatoms. The van der Waals surface area contributed by atoms with E-state index in [4.69, 9.17) is 0 Å². The predicted octanol–water partition coefficient (Wildman–Crippen LogP) is 0.723. The number of nitrogens with zero attached hydrogens (tertiary/aromatic N) is 3. The van der Waals surface area contributed by atoms with Gasteiger partial charge in [0.15, 0.2) is 0 Å². The van der Waals surface area contributed by atoms with Crippen LogP contribution in [0.25, 0.3) is 0 Å². The van der Waals surface area contributed by atoms with Crippen molar-refractivity contribution in [2.75, 3.05) is 13.1 Å². The molecule has 2 aromatic rings. The zero-order valence-electron chi connectivity index (χ0n) is 13.8. The van der Waals surface area contributed by atoms with Gasteiger partial charge in [-0.05, 0) is 18.1 Å². The monoisotopic (exact) mass is 340 g/mol. The van der Waals surface area contributed by atoms with Crippen molar-refractivity contribution in [2.45, 2.75) is 25.4 Å². The molecule has 2 amide bonds. The van der Waals surface area contributed by atoms with Crippen molar-refractivity contribution in [1.82, 2.24) is 19.8 Å². The van der Waals surface area contributed by atoms with Gasteiger partial charge < -0.3 is 10.2 Å². The molecule has 0 radical (unpaired) electrons. The molecule has 1 fully saturated rings. The smallest absolute Gasteiger partial charge is 0.346 e. The lowest BCUT2D eigenvalue weighted by atomic mass is 10.1. The third kappa shape index (κ3) is 4.32. The van der Waals surface area contributed by atoms with Crippen LogP contribution in [0.15, 0.2) is 53.6 Å². The molecule has 1 aromatic heterocycles. The van der Waals surface area contributed by atoms with Gasteiger partial charge in [-0.25, -0.2) is 9.78 Å². The van der Waals surface area contributed by atoms with Crippen molar-refractivity contribution in [3.63, 3.8) is 0 Å². The van der Waals surface area contributed by atoms with Crippen LogP contribution in [0.1, 0.15) is 24.4 Å². The number of amides is 2. The fraction of sp³-hybridized carbons (Fsp3) is 0.333. The molecule has 130 valence electrons. The van der Waals surface area contributed by atoms with Gasteiger partial charge in [0, 0.05) is 31.9 Å². The number of carbonyl (C=O) groups excluding carboxylic acids is 2. The van der Waals surface area contributed by atoms with E-state index in [-0.39, 0.29) is 24.4 Å². The summed E-state index contributed by atoms with van der Waals surface area (Å²) < 4.78 is 1.25. The highest BCUT2D eigenvalue weighted by atomic mass is 16.2. The number of aromatic nitrogens is 2. The number of rotatable bonds is 6. The van der Waals surface area contributed by atoms with Gasteiger partial charge in [0.2, 0.25) is 11.8 Å². The summed E-state index contributed by atoms with van der Waals surface area (Å²) in [5.41, 5.74) is 0.456. The molecular weight excluding hydrogens is 320 g/mol. The van der Waals surface area contributed by atoms with Gasteiger partial charge in [0.1, 0.15) is 6.54 Å². The first kappa shape index (κ1) is 16.9. The lowest BCUT2D eigenvalue weighted by Crippen LogP contribution is -2.40. The molecule has 0 spiro atoms. The van der Waals surface area contributed by atoms with E-state index in [1.807, 2.05) is 30.3 Å². The maximum absolute atomic E-state index is 12.4. The van der Waals surface area contributed by atoms with Gasteiger partial charge in [0.05, 0.1) is 6.04 Å². The van der Waals surface area contributed by atoms with Gasteiger partial charge in [-0.1, -0.05) is 30.3 Å². The van der Waals surface area contributed by atoms with E-state index in [2.05, 4.69) is 10.3 Å². The molecule has 1 unspecified atom stereocenters. The van der Waals surface area contributed by atoms with E-state index in [0.29, 0.717) is 19.5 Å². The second kappa shape index (κ2) is 7.74. The van der Waals surface area contributed by atoms with Crippen LogP contribution in [0.2, 0.25) is 0 Å². The summed E-state index contributed by atoms with van der Waals surface area (Å²) in [5.74, 6) is -0.186. The normalized spacial score (nSPS) is 15.2. The number of nitrogens with one attached hydrogen (secondary N) is 1. The highest BCUT2D eigenvalue weighted by Crippen LogP contribution is 2.18. The number of hydrogen-bond acceptors (Lipinski definition) is 4. The van der Waals surface area contributed by atoms with Crippen molar-refractivity contribution in [3.8, 4) is 0 Å². The van der Waals surface area contributed by atoms with Gasteiger partial charge in [-0.3, -0.25) is 14.2 Å². The van der Waals surface area contributed by atoms with Crippen molar-refractivity contribution in [3.05, 3.63) is 64.8 Å². The van der Waals surface area contributed by atoms with Gasteiger partial charge in [0.25, 0.3) is 0 Å². The summed E-state index contributed by atoms with van der Waals surface area (Å²) in [6, 6.07) is 10.8. The van der Waals surface area contributed by atoms with E-state index >= 15 is 0 Å². The molecule has 3 rings (SSSR count). The minimum atomic E-state index is -0.469. The zero-order valence-corrected chi connectivity index (χ0v) is 13.8. The molecular formula is C18H20N4O3. The van der Waals surface area contributed by atoms with E-state index in [0.717, 1.165) is 12.0 Å². The number of carbonyl (C=O) groups is 2. The predicted molar refractivity (Wildman–Crippen MR) is 91.6 cm³/mol. The topological polar surface area (TPSA) is 84.3 Å². The standard InChI is InChI=1S/C18H20N4O3/c23-16(13-22-11-5-9-19-18(22)25)20-15(14-6-2-1-3-7-14)12-21-10-4-8-17(21)24/h1-3,5-7,9,11,15H,4,8,10,12-13H2,(H,20,23). The molecule has 2 heterocycles. The largest absolute Gasteiger partial charge is 0.347 e. The molecule has 25 heavy (non-hydrogen) atoms. The molecule has 0 aliphatic carbocycles. The fourth-order valence-electron chi connectivity index (χ4n) is 2.94. The molecule has 1 saturated heterocycles. The number of hydrogen-bond donors (Lipinski definition) is 1. The Hall–Kier alpha value is -2.96. The Labute approximate surface area is 145 Å². The van der Waals surface area contributed by atoms with Crippen molar-refractivity contribution in [2.24, 2.45) is 0 Å². The molecule has 1 aromatic carbocycles. The van der Waals surface area contributed by atoms with Gasteiger partial charge in [-0.2, -0.15) is 0 Å². The highest BCUT2D eigenvalue weighted by molar-refractivity contribution is 5.79. The summed E-state index contributed by atoms with van der Waals surface area (Å²) in [6.07, 6.45) is 4.32. The van der Waals surface area contributed by atoms with Gasteiger partial charge >= 0.3 is 5.69 Å². The van der Waals surface area contributed by atoms with E-state index < -0.39 is 5.69 Å². The first-order valence-corrected chi connectivity index (χ1v) is 8.27. The molecule has 1 N–H and O–H groups in total. The summed E-state index contributed by atoms with van der Waals surface area (Å²) in [7, 11) is 0. The minimum absolute atomic E-state index is 0.107. The molecule has 7 nitrogen and oxygen atoms in total. The Morgan fingerprint density at radius 1 is 1.20 bits per heavy atom. The fourth-order valence-corrected chi connectivity index (χ4v) is 2.94. The first-order chi connectivity index (χ1) is 12.1. The average molecular weight is 340 g/mol. The Morgan fingerprint density at radius 3 is 2.68 bits per heavy atom.